The van der Waals surface area contributed by atoms with Crippen LogP contribution < -0.4 is 10.6 Å². The fourth-order valence-electron chi connectivity index (χ4n) is 3.05. The Balaban J connectivity index is 1.88. The monoisotopic (exact) mass is 356 g/mol. The van der Waals surface area contributed by atoms with Gasteiger partial charge in [0.2, 0.25) is 0 Å². The smallest absolute Gasteiger partial charge is 0.357 e. The zero-order chi connectivity index (χ0) is 18.3. The Kier molecular flexibility index (Phi) is 7.11. The van der Waals surface area contributed by atoms with E-state index in [-0.39, 0.29) is 12.6 Å². The van der Waals surface area contributed by atoms with E-state index >= 15 is 0 Å². The van der Waals surface area contributed by atoms with Crippen molar-refractivity contribution in [1.82, 2.24) is 15.5 Å². The zero-order valence-corrected chi connectivity index (χ0v) is 14.8. The number of likely N-dealkylation sites (tertiary alicyclic amines) is 1. The molecule has 0 spiro atoms. The van der Waals surface area contributed by atoms with Crippen molar-refractivity contribution in [2.45, 2.75) is 51.5 Å². The quantitative estimate of drug-likeness (QED) is 0.608. The van der Waals surface area contributed by atoms with Gasteiger partial charge in [0.1, 0.15) is 0 Å². The normalized spacial score (nSPS) is 22.2. The zero-order valence-electron chi connectivity index (χ0n) is 14.8. The summed E-state index contributed by atoms with van der Waals surface area (Å²) in [6, 6.07) is 10.9. The van der Waals surface area contributed by atoms with Crippen LogP contribution in [-0.4, -0.2) is 48.8 Å². The second-order valence-electron chi connectivity index (χ2n) is 6.47. The molecule has 1 heterocycles. The minimum absolute atomic E-state index is 0.183. The maximum atomic E-state index is 12.3. The summed E-state index contributed by atoms with van der Waals surface area (Å²) < 4.78 is 36.9. The summed E-state index contributed by atoms with van der Waals surface area (Å²) in [5, 5.41) is 6.31. The van der Waals surface area contributed by atoms with Crippen LogP contribution in [0, 0.1) is 0 Å². The van der Waals surface area contributed by atoms with E-state index in [9.17, 15) is 13.2 Å². The lowest BCUT2D eigenvalue weighted by Gasteiger charge is -2.21. The van der Waals surface area contributed by atoms with Crippen LogP contribution in [0.2, 0.25) is 0 Å². The number of rotatable bonds is 6. The lowest BCUT2D eigenvalue weighted by atomic mass is 10.2. The molecule has 2 atom stereocenters. The van der Waals surface area contributed by atoms with Gasteiger partial charge < -0.3 is 10.6 Å². The maximum Gasteiger partial charge on any atom is 0.390 e. The van der Waals surface area contributed by atoms with Gasteiger partial charge in [0.25, 0.3) is 0 Å². The van der Waals surface area contributed by atoms with Crippen LogP contribution >= 0.6 is 0 Å². The SMILES string of the molecule is CCNC(=NCCC(F)(F)F)NC1CC(C)N(Cc2ccccc2)C1. The number of nitrogens with zero attached hydrogens (tertiary/aromatic N) is 2. The first-order valence-electron chi connectivity index (χ1n) is 8.77. The first kappa shape index (κ1) is 19.6. The molecule has 1 aromatic rings. The molecule has 0 amide bonds. The van der Waals surface area contributed by atoms with Gasteiger partial charge in [0, 0.05) is 31.7 Å². The highest BCUT2D eigenvalue weighted by Crippen LogP contribution is 2.21. The standard InChI is InChI=1S/C18H27F3N4/c1-3-22-17(23-10-9-18(19,20)21)24-16-11-14(2)25(13-16)12-15-7-5-4-6-8-15/h4-8,14,16H,3,9-13H2,1-2H3,(H2,22,23,24). The fraction of sp³-hybridized carbons (Fsp3) is 0.611. The Labute approximate surface area is 147 Å². The molecule has 1 aliphatic rings. The van der Waals surface area contributed by atoms with Crippen molar-refractivity contribution in [3.8, 4) is 0 Å². The molecule has 7 heteroatoms. The van der Waals surface area contributed by atoms with E-state index in [0.29, 0.717) is 18.5 Å². The lowest BCUT2D eigenvalue weighted by molar-refractivity contribution is -0.132. The summed E-state index contributed by atoms with van der Waals surface area (Å²) in [6.45, 7) is 6.17. The van der Waals surface area contributed by atoms with Crippen LogP contribution in [0.15, 0.2) is 35.3 Å². The van der Waals surface area contributed by atoms with Gasteiger partial charge in [0.15, 0.2) is 5.96 Å². The van der Waals surface area contributed by atoms with Crippen LogP contribution in [0.25, 0.3) is 0 Å². The molecule has 0 radical (unpaired) electrons. The molecular formula is C18H27F3N4. The van der Waals surface area contributed by atoms with E-state index in [1.807, 2.05) is 25.1 Å². The number of hydrogen-bond donors (Lipinski definition) is 2. The predicted octanol–water partition coefficient (Wildman–Crippen LogP) is 3.16. The molecule has 1 saturated heterocycles. The Morgan fingerprint density at radius 1 is 1.28 bits per heavy atom. The van der Waals surface area contributed by atoms with Crippen LogP contribution in [0.3, 0.4) is 0 Å². The molecule has 0 aromatic heterocycles. The summed E-state index contributed by atoms with van der Waals surface area (Å²) in [5.41, 5.74) is 1.26. The van der Waals surface area contributed by atoms with Crippen molar-refractivity contribution in [3.63, 3.8) is 0 Å². The summed E-state index contributed by atoms with van der Waals surface area (Å²) in [7, 11) is 0. The number of alkyl halides is 3. The Bertz CT molecular complexity index is 545. The average molecular weight is 356 g/mol. The molecule has 0 aliphatic carbocycles. The highest BCUT2D eigenvalue weighted by molar-refractivity contribution is 5.80. The molecule has 2 unspecified atom stereocenters. The average Bonchev–Trinajstić information content (AvgIpc) is 2.87. The van der Waals surface area contributed by atoms with Crippen molar-refractivity contribution >= 4 is 5.96 Å². The van der Waals surface area contributed by atoms with E-state index in [2.05, 4.69) is 39.6 Å². The van der Waals surface area contributed by atoms with Gasteiger partial charge in [-0.15, -0.1) is 0 Å². The van der Waals surface area contributed by atoms with E-state index < -0.39 is 12.6 Å². The Morgan fingerprint density at radius 3 is 2.64 bits per heavy atom. The minimum atomic E-state index is -4.17. The predicted molar refractivity (Wildman–Crippen MR) is 94.5 cm³/mol. The summed E-state index contributed by atoms with van der Waals surface area (Å²) in [4.78, 5) is 6.43. The number of nitrogens with one attached hydrogen (secondary N) is 2. The molecule has 140 valence electrons. The van der Waals surface area contributed by atoms with Gasteiger partial charge in [-0.2, -0.15) is 13.2 Å². The molecule has 25 heavy (non-hydrogen) atoms. The highest BCUT2D eigenvalue weighted by Gasteiger charge is 2.30. The first-order valence-corrected chi connectivity index (χ1v) is 8.77. The number of hydrogen-bond acceptors (Lipinski definition) is 2. The Morgan fingerprint density at radius 2 is 2.00 bits per heavy atom. The molecule has 1 aliphatic heterocycles. The van der Waals surface area contributed by atoms with Gasteiger partial charge in [-0.05, 0) is 25.8 Å². The Hall–Kier alpha value is -1.76. The number of halogens is 3. The van der Waals surface area contributed by atoms with Crippen molar-refractivity contribution in [3.05, 3.63) is 35.9 Å². The summed E-state index contributed by atoms with van der Waals surface area (Å²) in [5.74, 6) is 0.463. The van der Waals surface area contributed by atoms with Crippen molar-refractivity contribution in [2.24, 2.45) is 4.99 Å². The molecule has 1 aromatic carbocycles. The fourth-order valence-corrected chi connectivity index (χ4v) is 3.05. The molecule has 0 bridgehead atoms. The molecular weight excluding hydrogens is 329 g/mol. The number of aliphatic imine (C=N–C) groups is 1. The molecule has 2 N–H and O–H groups in total. The third-order valence-corrected chi connectivity index (χ3v) is 4.28. The van der Waals surface area contributed by atoms with Crippen molar-refractivity contribution < 1.29 is 13.2 Å². The number of benzene rings is 1. The number of guanidine groups is 1. The molecule has 1 fully saturated rings. The van der Waals surface area contributed by atoms with E-state index in [0.717, 1.165) is 19.5 Å². The van der Waals surface area contributed by atoms with Crippen LogP contribution in [0.1, 0.15) is 32.3 Å². The topological polar surface area (TPSA) is 39.7 Å². The molecule has 0 saturated carbocycles. The second-order valence-corrected chi connectivity index (χ2v) is 6.47. The van der Waals surface area contributed by atoms with Crippen LogP contribution in [-0.2, 0) is 6.54 Å². The summed E-state index contributed by atoms with van der Waals surface area (Å²) >= 11 is 0. The largest absolute Gasteiger partial charge is 0.390 e. The third-order valence-electron chi connectivity index (χ3n) is 4.28. The second kappa shape index (κ2) is 9.08. The van der Waals surface area contributed by atoms with Gasteiger partial charge in [-0.3, -0.25) is 9.89 Å². The molecule has 2 rings (SSSR count). The summed E-state index contributed by atoms with van der Waals surface area (Å²) in [6.07, 6.45) is -4.13. The van der Waals surface area contributed by atoms with Gasteiger partial charge in [-0.1, -0.05) is 30.3 Å². The van der Waals surface area contributed by atoms with Crippen molar-refractivity contribution in [1.29, 1.82) is 0 Å². The van der Waals surface area contributed by atoms with Crippen LogP contribution in [0.5, 0.6) is 0 Å². The van der Waals surface area contributed by atoms with E-state index in [1.54, 1.807) is 0 Å². The van der Waals surface area contributed by atoms with E-state index in [4.69, 9.17) is 0 Å². The minimum Gasteiger partial charge on any atom is -0.357 e. The van der Waals surface area contributed by atoms with Gasteiger partial charge in [-0.25, -0.2) is 0 Å². The first-order chi connectivity index (χ1) is 11.9. The lowest BCUT2D eigenvalue weighted by Crippen LogP contribution is -2.44. The van der Waals surface area contributed by atoms with Gasteiger partial charge >= 0.3 is 6.18 Å². The van der Waals surface area contributed by atoms with Crippen molar-refractivity contribution in [2.75, 3.05) is 19.6 Å². The van der Waals surface area contributed by atoms with E-state index in [1.165, 1.54) is 5.56 Å². The highest BCUT2D eigenvalue weighted by atomic mass is 19.4. The maximum absolute atomic E-state index is 12.3. The third kappa shape index (κ3) is 6.94. The molecule has 4 nitrogen and oxygen atoms in total. The van der Waals surface area contributed by atoms with Gasteiger partial charge in [0.05, 0.1) is 13.0 Å². The van der Waals surface area contributed by atoms with Crippen LogP contribution in [0.4, 0.5) is 13.2 Å².